The molecule has 1 aliphatic heterocycles. The van der Waals surface area contributed by atoms with Crippen molar-refractivity contribution in [2.45, 2.75) is 19.4 Å². The van der Waals surface area contributed by atoms with Crippen LogP contribution in [0.2, 0.25) is 0 Å². The summed E-state index contributed by atoms with van der Waals surface area (Å²) >= 11 is 5.44. The number of halogens is 1. The summed E-state index contributed by atoms with van der Waals surface area (Å²) < 4.78 is 6.96. The van der Waals surface area contributed by atoms with Crippen LogP contribution >= 0.6 is 27.3 Å². The van der Waals surface area contributed by atoms with Crippen LogP contribution in [-0.4, -0.2) is 13.7 Å². The van der Waals surface area contributed by atoms with Gasteiger partial charge in [-0.25, -0.2) is 0 Å². The topological polar surface area (TPSA) is 21.3 Å². The van der Waals surface area contributed by atoms with Crippen LogP contribution in [0.15, 0.2) is 28.7 Å². The van der Waals surface area contributed by atoms with Gasteiger partial charge in [-0.1, -0.05) is 15.9 Å². The Labute approximate surface area is 125 Å². The summed E-state index contributed by atoms with van der Waals surface area (Å²) in [5.41, 5.74) is 2.53. The molecule has 0 bridgehead atoms. The quantitative estimate of drug-likeness (QED) is 0.911. The second-order valence-corrected chi connectivity index (χ2v) is 6.99. The normalized spacial score (nSPS) is 15.1. The van der Waals surface area contributed by atoms with Crippen molar-refractivity contribution >= 4 is 27.3 Å². The van der Waals surface area contributed by atoms with Gasteiger partial charge in [0.2, 0.25) is 0 Å². The molecule has 4 heteroatoms. The van der Waals surface area contributed by atoms with Crippen LogP contribution in [0.4, 0.5) is 0 Å². The Hall–Kier alpha value is -0.840. The number of benzene rings is 1. The second kappa shape index (κ2) is 5.27. The van der Waals surface area contributed by atoms with E-state index in [1.54, 1.807) is 0 Å². The van der Waals surface area contributed by atoms with Gasteiger partial charge in [-0.05, 0) is 43.8 Å². The van der Waals surface area contributed by atoms with E-state index in [-0.39, 0.29) is 6.04 Å². The third-order valence-corrected chi connectivity index (χ3v) is 4.95. The van der Waals surface area contributed by atoms with Gasteiger partial charge in [-0.15, -0.1) is 11.3 Å². The minimum atomic E-state index is 0.197. The molecule has 1 N–H and O–H groups in total. The average Bonchev–Trinajstić information content (AvgIpc) is 2.99. The third-order valence-electron chi connectivity index (χ3n) is 3.42. The number of aryl methyl sites for hydroxylation is 1. The molecule has 0 saturated heterocycles. The van der Waals surface area contributed by atoms with Gasteiger partial charge >= 0.3 is 0 Å². The molecule has 2 heterocycles. The predicted molar refractivity (Wildman–Crippen MR) is 83.3 cm³/mol. The van der Waals surface area contributed by atoms with E-state index in [1.807, 2.05) is 18.4 Å². The van der Waals surface area contributed by atoms with Crippen molar-refractivity contribution < 1.29 is 4.74 Å². The van der Waals surface area contributed by atoms with Crippen LogP contribution in [0.3, 0.4) is 0 Å². The fourth-order valence-electron chi connectivity index (χ4n) is 2.57. The summed E-state index contributed by atoms with van der Waals surface area (Å²) in [5.74, 6) is 1.06. The van der Waals surface area contributed by atoms with Gasteiger partial charge in [0.25, 0.3) is 0 Å². The van der Waals surface area contributed by atoms with E-state index in [0.29, 0.717) is 0 Å². The molecule has 3 rings (SSSR count). The summed E-state index contributed by atoms with van der Waals surface area (Å²) in [6.07, 6.45) is 1.00. The Kier molecular flexibility index (Phi) is 3.65. The van der Waals surface area contributed by atoms with Gasteiger partial charge in [-0.3, -0.25) is 0 Å². The molecule has 1 aromatic heterocycles. The van der Waals surface area contributed by atoms with E-state index < -0.39 is 0 Å². The van der Waals surface area contributed by atoms with E-state index in [0.717, 1.165) is 23.2 Å². The first kappa shape index (κ1) is 13.2. The first-order chi connectivity index (χ1) is 9.19. The highest BCUT2D eigenvalue weighted by atomic mass is 79.9. The van der Waals surface area contributed by atoms with E-state index >= 15 is 0 Å². The third kappa shape index (κ3) is 2.45. The monoisotopic (exact) mass is 337 g/mol. The van der Waals surface area contributed by atoms with Crippen molar-refractivity contribution in [3.8, 4) is 5.75 Å². The molecule has 100 valence electrons. The van der Waals surface area contributed by atoms with Crippen LogP contribution in [-0.2, 0) is 6.42 Å². The van der Waals surface area contributed by atoms with Gasteiger partial charge in [0.15, 0.2) is 0 Å². The number of fused-ring (bicyclic) bond motifs is 1. The Morgan fingerprint density at radius 2 is 2.21 bits per heavy atom. The maximum atomic E-state index is 5.84. The van der Waals surface area contributed by atoms with Gasteiger partial charge in [0.05, 0.1) is 12.6 Å². The number of hydrogen-bond acceptors (Lipinski definition) is 3. The fraction of sp³-hybridized carbons (Fsp3) is 0.333. The molecular weight excluding hydrogens is 322 g/mol. The van der Waals surface area contributed by atoms with Crippen LogP contribution in [0.1, 0.15) is 26.9 Å². The van der Waals surface area contributed by atoms with Crippen molar-refractivity contribution in [1.82, 2.24) is 5.32 Å². The maximum absolute atomic E-state index is 5.84. The molecule has 0 radical (unpaired) electrons. The first-order valence-electron chi connectivity index (χ1n) is 6.37. The molecule has 0 spiro atoms. The van der Waals surface area contributed by atoms with Gasteiger partial charge in [-0.2, -0.15) is 0 Å². The molecule has 1 aromatic carbocycles. The van der Waals surface area contributed by atoms with Crippen LogP contribution < -0.4 is 10.1 Å². The fourth-order valence-corrected chi connectivity index (χ4v) is 4.10. The van der Waals surface area contributed by atoms with Crippen LogP contribution in [0.25, 0.3) is 0 Å². The Balaban J connectivity index is 2.09. The van der Waals surface area contributed by atoms with Crippen LogP contribution in [0, 0.1) is 6.92 Å². The molecule has 0 aliphatic carbocycles. The highest BCUT2D eigenvalue weighted by molar-refractivity contribution is 9.10. The summed E-state index contributed by atoms with van der Waals surface area (Å²) in [7, 11) is 2.00. The molecule has 1 atom stereocenters. The van der Waals surface area contributed by atoms with Crippen LogP contribution in [0.5, 0.6) is 5.75 Å². The lowest BCUT2D eigenvalue weighted by Crippen LogP contribution is -2.17. The number of nitrogens with one attached hydrogen (secondary N) is 1. The van der Waals surface area contributed by atoms with E-state index in [9.17, 15) is 0 Å². The summed E-state index contributed by atoms with van der Waals surface area (Å²) in [6, 6.07) is 8.90. The smallest absolute Gasteiger partial charge is 0.127 e. The molecule has 1 aliphatic rings. The lowest BCUT2D eigenvalue weighted by Gasteiger charge is -2.18. The Morgan fingerprint density at radius 3 is 2.89 bits per heavy atom. The van der Waals surface area contributed by atoms with Crippen molar-refractivity contribution in [3.05, 3.63) is 49.6 Å². The largest absolute Gasteiger partial charge is 0.493 e. The molecule has 0 amide bonds. The van der Waals surface area contributed by atoms with Crippen molar-refractivity contribution in [1.29, 1.82) is 0 Å². The zero-order chi connectivity index (χ0) is 13.4. The molecule has 0 saturated carbocycles. The molecule has 19 heavy (non-hydrogen) atoms. The van der Waals surface area contributed by atoms with Gasteiger partial charge in [0.1, 0.15) is 5.75 Å². The Bertz CT molecular complexity index is 608. The maximum Gasteiger partial charge on any atom is 0.127 e. The lowest BCUT2D eigenvalue weighted by atomic mass is 10.0. The van der Waals surface area contributed by atoms with Gasteiger partial charge in [0, 0.05) is 26.2 Å². The number of rotatable bonds is 3. The van der Waals surface area contributed by atoms with E-state index in [2.05, 4.69) is 52.4 Å². The molecule has 1 unspecified atom stereocenters. The second-order valence-electron chi connectivity index (χ2n) is 4.75. The summed E-state index contributed by atoms with van der Waals surface area (Å²) in [4.78, 5) is 2.67. The standard InChI is InChI=1S/C15H16BrNOS/c1-9-3-4-13(19-9)14(17-2)12-8-11(16)7-10-5-6-18-15(10)12/h3-4,7-8,14,17H,5-6H2,1-2H3. The highest BCUT2D eigenvalue weighted by Gasteiger charge is 2.24. The Morgan fingerprint density at radius 1 is 1.37 bits per heavy atom. The van der Waals surface area contributed by atoms with E-state index in [1.165, 1.54) is 20.9 Å². The molecular formula is C15H16BrNOS. The van der Waals surface area contributed by atoms with E-state index in [4.69, 9.17) is 4.74 Å². The first-order valence-corrected chi connectivity index (χ1v) is 7.98. The highest BCUT2D eigenvalue weighted by Crippen LogP contribution is 2.39. The zero-order valence-electron chi connectivity index (χ0n) is 11.0. The SMILES string of the molecule is CNC(c1ccc(C)s1)c1cc(Br)cc2c1OCC2. The summed E-state index contributed by atoms with van der Waals surface area (Å²) in [5, 5.41) is 3.41. The van der Waals surface area contributed by atoms with Crippen molar-refractivity contribution in [2.24, 2.45) is 0 Å². The number of thiophene rings is 1. The molecule has 2 nitrogen and oxygen atoms in total. The zero-order valence-corrected chi connectivity index (χ0v) is 13.4. The minimum Gasteiger partial charge on any atom is -0.493 e. The van der Waals surface area contributed by atoms with Crippen molar-refractivity contribution in [2.75, 3.05) is 13.7 Å². The lowest BCUT2D eigenvalue weighted by molar-refractivity contribution is 0.351. The van der Waals surface area contributed by atoms with Crippen molar-refractivity contribution in [3.63, 3.8) is 0 Å². The number of ether oxygens (including phenoxy) is 1. The number of hydrogen-bond donors (Lipinski definition) is 1. The molecule has 0 fully saturated rings. The van der Waals surface area contributed by atoms with Gasteiger partial charge < -0.3 is 10.1 Å². The average molecular weight is 338 g/mol. The summed E-state index contributed by atoms with van der Waals surface area (Å²) in [6.45, 7) is 2.93. The predicted octanol–water partition coefficient (Wildman–Crippen LogP) is 4.06. The minimum absolute atomic E-state index is 0.197. The molecule has 2 aromatic rings.